The third-order valence-electron chi connectivity index (χ3n) is 5.20. The van der Waals surface area contributed by atoms with Crippen LogP contribution < -0.4 is 5.11 Å². The van der Waals surface area contributed by atoms with E-state index in [1.165, 1.54) is 4.31 Å². The lowest BCUT2D eigenvalue weighted by Crippen LogP contribution is -2.76. The molecular formula is C17H25BrN2O4S. The molecule has 6 nitrogen and oxygen atoms in total. The molecule has 1 aromatic carbocycles. The number of rotatable bonds is 2. The molecule has 1 aliphatic heterocycles. The van der Waals surface area contributed by atoms with E-state index in [1.54, 1.807) is 32.0 Å². The number of carbonyl (C=O) groups is 1. The summed E-state index contributed by atoms with van der Waals surface area (Å²) in [6.07, 6.45) is -1.16. The van der Waals surface area contributed by atoms with Crippen LogP contribution in [-0.4, -0.2) is 54.5 Å². The number of benzene rings is 1. The molecule has 0 radical (unpaired) electrons. The number of quaternary nitrogens is 1. The Morgan fingerprint density at radius 2 is 1.96 bits per heavy atom. The molecule has 2 atom stereocenters. The summed E-state index contributed by atoms with van der Waals surface area (Å²) < 4.78 is 28.0. The normalized spacial score (nSPS) is 25.8. The highest BCUT2D eigenvalue weighted by Crippen LogP contribution is 2.34. The molecule has 1 amide bonds. The first kappa shape index (κ1) is 20.4. The minimum atomic E-state index is -3.67. The summed E-state index contributed by atoms with van der Waals surface area (Å²) in [4.78, 5) is 12.2. The molecular weight excluding hydrogens is 408 g/mol. The maximum atomic E-state index is 13.0. The van der Waals surface area contributed by atoms with Gasteiger partial charge in [0.2, 0.25) is 10.0 Å². The van der Waals surface area contributed by atoms with Crippen LogP contribution in [0.25, 0.3) is 0 Å². The zero-order chi connectivity index (χ0) is 19.2. The zero-order valence-electron chi connectivity index (χ0n) is 15.2. The summed E-state index contributed by atoms with van der Waals surface area (Å²) in [6, 6.07) is 4.63. The van der Waals surface area contributed by atoms with Crippen LogP contribution in [0.2, 0.25) is 0 Å². The molecule has 25 heavy (non-hydrogen) atoms. The number of carbonyl (C=O) groups excluding carboxylic acids is 1. The van der Waals surface area contributed by atoms with Gasteiger partial charge < -0.3 is 9.90 Å². The molecule has 0 N–H and O–H groups in total. The molecule has 1 aliphatic rings. The van der Waals surface area contributed by atoms with Gasteiger partial charge in [-0.15, -0.1) is 0 Å². The van der Waals surface area contributed by atoms with Crippen LogP contribution in [0.15, 0.2) is 27.6 Å². The van der Waals surface area contributed by atoms with Gasteiger partial charge in [0.25, 0.3) is 6.09 Å². The first-order valence-corrected chi connectivity index (χ1v) is 10.4. The second kappa shape index (κ2) is 6.64. The number of sulfonamides is 1. The Balaban J connectivity index is 2.38. The molecule has 1 unspecified atom stereocenters. The van der Waals surface area contributed by atoms with Crippen LogP contribution in [0.5, 0.6) is 0 Å². The Morgan fingerprint density at radius 1 is 1.36 bits per heavy atom. The van der Waals surface area contributed by atoms with E-state index in [0.29, 0.717) is 5.56 Å². The number of piperazine rings is 1. The highest BCUT2D eigenvalue weighted by atomic mass is 79.9. The first-order chi connectivity index (χ1) is 11.3. The predicted octanol–water partition coefficient (Wildman–Crippen LogP) is 2.11. The van der Waals surface area contributed by atoms with E-state index in [4.69, 9.17) is 0 Å². The van der Waals surface area contributed by atoms with E-state index in [0.717, 1.165) is 4.47 Å². The molecule has 1 saturated heterocycles. The average Bonchev–Trinajstić information content (AvgIpc) is 2.44. The summed E-state index contributed by atoms with van der Waals surface area (Å²) in [5.74, 6) is 0. The highest BCUT2D eigenvalue weighted by molar-refractivity contribution is 9.10. The van der Waals surface area contributed by atoms with Gasteiger partial charge in [0.05, 0.1) is 30.1 Å². The zero-order valence-corrected chi connectivity index (χ0v) is 17.6. The van der Waals surface area contributed by atoms with Gasteiger partial charge in [-0.05, 0) is 58.4 Å². The SMILES string of the molecule is Cc1cc(Br)ccc1S(=O)(=O)N1CC[N+](C(=O)[O-])(C(C)(C)C)[C@@H](C)C1. The van der Waals surface area contributed by atoms with Crippen LogP contribution >= 0.6 is 15.9 Å². The molecule has 8 heteroatoms. The molecule has 0 spiro atoms. The highest BCUT2D eigenvalue weighted by Gasteiger charge is 2.51. The van der Waals surface area contributed by atoms with Crippen molar-refractivity contribution >= 4 is 32.0 Å². The molecule has 140 valence electrons. The van der Waals surface area contributed by atoms with E-state index in [1.807, 2.05) is 20.8 Å². The Labute approximate surface area is 158 Å². The van der Waals surface area contributed by atoms with Crippen molar-refractivity contribution in [2.45, 2.75) is 51.1 Å². The van der Waals surface area contributed by atoms with Crippen molar-refractivity contribution in [2.75, 3.05) is 19.6 Å². The molecule has 0 aliphatic carbocycles. The minimum Gasteiger partial charge on any atom is -0.498 e. The van der Waals surface area contributed by atoms with Gasteiger partial charge in [-0.1, -0.05) is 15.9 Å². The molecule has 0 aromatic heterocycles. The average molecular weight is 433 g/mol. The van der Waals surface area contributed by atoms with Gasteiger partial charge in [0.1, 0.15) is 6.04 Å². The van der Waals surface area contributed by atoms with Crippen LogP contribution in [0.3, 0.4) is 0 Å². The Hall–Kier alpha value is -0.960. The summed E-state index contributed by atoms with van der Waals surface area (Å²) in [5, 5.41) is 11.9. The van der Waals surface area contributed by atoms with Crippen LogP contribution in [0.4, 0.5) is 4.79 Å². The number of halogens is 1. The first-order valence-electron chi connectivity index (χ1n) is 8.19. The van der Waals surface area contributed by atoms with Gasteiger partial charge in [0.15, 0.2) is 0 Å². The van der Waals surface area contributed by atoms with E-state index in [2.05, 4.69) is 15.9 Å². The van der Waals surface area contributed by atoms with Gasteiger partial charge in [-0.25, -0.2) is 8.42 Å². The largest absolute Gasteiger partial charge is 0.498 e. The lowest BCUT2D eigenvalue weighted by molar-refractivity contribution is -0.943. The Kier molecular flexibility index (Phi) is 5.41. The summed E-state index contributed by atoms with van der Waals surface area (Å²) in [6.45, 7) is 9.55. The van der Waals surface area contributed by atoms with Crippen LogP contribution in [0.1, 0.15) is 33.3 Å². The van der Waals surface area contributed by atoms with Crippen molar-refractivity contribution < 1.29 is 22.8 Å². The Bertz CT molecular complexity index is 788. The number of amides is 1. The molecule has 0 bridgehead atoms. The molecule has 1 heterocycles. The number of aryl methyl sites for hydroxylation is 1. The van der Waals surface area contributed by atoms with Gasteiger partial charge in [0, 0.05) is 4.47 Å². The van der Waals surface area contributed by atoms with Crippen molar-refractivity contribution in [1.82, 2.24) is 4.31 Å². The van der Waals surface area contributed by atoms with Crippen molar-refractivity contribution in [3.63, 3.8) is 0 Å². The van der Waals surface area contributed by atoms with Crippen molar-refractivity contribution in [2.24, 2.45) is 0 Å². The smallest absolute Gasteiger partial charge is 0.258 e. The molecule has 1 aromatic rings. The van der Waals surface area contributed by atoms with E-state index in [9.17, 15) is 18.3 Å². The van der Waals surface area contributed by atoms with Crippen molar-refractivity contribution in [1.29, 1.82) is 0 Å². The summed E-state index contributed by atoms with van der Waals surface area (Å²) in [5.41, 5.74) is 0.0748. The quantitative estimate of drug-likeness (QED) is 0.670. The van der Waals surface area contributed by atoms with Crippen molar-refractivity contribution in [3.8, 4) is 0 Å². The minimum absolute atomic E-state index is 0.142. The van der Waals surface area contributed by atoms with E-state index >= 15 is 0 Å². The van der Waals surface area contributed by atoms with E-state index < -0.39 is 27.7 Å². The van der Waals surface area contributed by atoms with Gasteiger partial charge in [-0.2, -0.15) is 4.31 Å². The third kappa shape index (κ3) is 3.37. The number of carboxylic acid groups (broad SMARTS) is 1. The lowest BCUT2D eigenvalue weighted by atomic mass is 9.96. The van der Waals surface area contributed by atoms with E-state index in [-0.39, 0.29) is 29.0 Å². The summed E-state index contributed by atoms with van der Waals surface area (Å²) >= 11 is 3.34. The second-order valence-corrected chi connectivity index (χ2v) is 10.5. The maximum absolute atomic E-state index is 13.0. The Morgan fingerprint density at radius 3 is 2.40 bits per heavy atom. The second-order valence-electron chi connectivity index (χ2n) is 7.65. The molecule has 1 fully saturated rings. The number of hydrogen-bond donors (Lipinski definition) is 0. The summed E-state index contributed by atoms with van der Waals surface area (Å²) in [7, 11) is -3.67. The van der Waals surface area contributed by atoms with Gasteiger partial charge >= 0.3 is 0 Å². The monoisotopic (exact) mass is 432 g/mol. The molecule has 0 saturated carbocycles. The fraction of sp³-hybridized carbons (Fsp3) is 0.588. The van der Waals surface area contributed by atoms with Gasteiger partial charge in [-0.3, -0.25) is 4.48 Å². The standard InChI is InChI=1S/C17H25BrN2O4S/c1-12-10-14(18)6-7-15(12)25(23,24)19-8-9-20(16(21)22,13(2)11-19)17(3,4)5/h6-7,10,13H,8-9,11H2,1-5H3/t13-,20?/m0/s1. The number of nitrogens with zero attached hydrogens (tertiary/aromatic N) is 2. The van der Waals surface area contributed by atoms with Crippen LogP contribution in [0, 0.1) is 6.92 Å². The maximum Gasteiger partial charge on any atom is 0.258 e. The van der Waals surface area contributed by atoms with Crippen LogP contribution in [-0.2, 0) is 10.0 Å². The lowest BCUT2D eigenvalue weighted by Gasteiger charge is -2.55. The predicted molar refractivity (Wildman–Crippen MR) is 97.4 cm³/mol. The fourth-order valence-electron chi connectivity index (χ4n) is 3.82. The molecule has 2 rings (SSSR count). The third-order valence-corrected chi connectivity index (χ3v) is 7.72. The topological polar surface area (TPSA) is 77.5 Å². The van der Waals surface area contributed by atoms with Crippen molar-refractivity contribution in [3.05, 3.63) is 28.2 Å². The fourth-order valence-corrected chi connectivity index (χ4v) is 6.01. The number of hydrogen-bond acceptors (Lipinski definition) is 4.